The molecular formula is C16H20N2. The molecule has 2 aromatic rings. The van der Waals surface area contributed by atoms with E-state index in [0.717, 1.165) is 6.42 Å². The molecule has 0 aromatic heterocycles. The second-order valence-electron chi connectivity index (χ2n) is 4.77. The van der Waals surface area contributed by atoms with E-state index >= 15 is 0 Å². The second-order valence-corrected chi connectivity index (χ2v) is 4.77. The highest BCUT2D eigenvalue weighted by molar-refractivity contribution is 5.34. The Morgan fingerprint density at radius 3 is 2.39 bits per heavy atom. The van der Waals surface area contributed by atoms with Crippen molar-refractivity contribution in [3.63, 3.8) is 0 Å². The molecule has 18 heavy (non-hydrogen) atoms. The van der Waals surface area contributed by atoms with E-state index in [0.29, 0.717) is 0 Å². The highest BCUT2D eigenvalue weighted by Gasteiger charge is 2.12. The number of aryl methyl sites for hydroxylation is 2. The fraction of sp³-hybridized carbons (Fsp3) is 0.250. The summed E-state index contributed by atoms with van der Waals surface area (Å²) in [7, 11) is 0. The van der Waals surface area contributed by atoms with Crippen LogP contribution >= 0.6 is 0 Å². The molecule has 2 rings (SSSR count). The van der Waals surface area contributed by atoms with Gasteiger partial charge >= 0.3 is 0 Å². The van der Waals surface area contributed by atoms with Gasteiger partial charge in [-0.25, -0.2) is 0 Å². The second kappa shape index (κ2) is 5.80. The molecule has 3 N–H and O–H groups in total. The minimum atomic E-state index is 0.160. The number of benzene rings is 2. The minimum absolute atomic E-state index is 0.160. The minimum Gasteiger partial charge on any atom is -0.271 e. The molecule has 0 aliphatic rings. The predicted octanol–water partition coefficient (Wildman–Crippen LogP) is 3.05. The first-order valence-corrected chi connectivity index (χ1v) is 6.28. The maximum absolute atomic E-state index is 5.71. The molecule has 0 saturated carbocycles. The van der Waals surface area contributed by atoms with Crippen molar-refractivity contribution in [1.82, 2.24) is 5.43 Å². The molecule has 0 aliphatic carbocycles. The summed E-state index contributed by atoms with van der Waals surface area (Å²) in [4.78, 5) is 0. The SMILES string of the molecule is Cc1ccc(C(Cc2ccccc2)NN)c(C)c1. The van der Waals surface area contributed by atoms with Crippen molar-refractivity contribution < 1.29 is 0 Å². The largest absolute Gasteiger partial charge is 0.271 e. The van der Waals surface area contributed by atoms with Crippen LogP contribution in [0.1, 0.15) is 28.3 Å². The molecule has 2 nitrogen and oxygen atoms in total. The van der Waals surface area contributed by atoms with Gasteiger partial charge in [-0.05, 0) is 37.0 Å². The number of hydrogen-bond acceptors (Lipinski definition) is 2. The Balaban J connectivity index is 2.23. The van der Waals surface area contributed by atoms with E-state index in [4.69, 9.17) is 5.84 Å². The van der Waals surface area contributed by atoms with E-state index in [1.165, 1.54) is 22.3 Å². The number of nitrogens with one attached hydrogen (secondary N) is 1. The molecule has 0 heterocycles. The fourth-order valence-corrected chi connectivity index (χ4v) is 2.33. The lowest BCUT2D eigenvalue weighted by Crippen LogP contribution is -2.30. The molecule has 0 radical (unpaired) electrons. The molecule has 2 heteroatoms. The number of hydrogen-bond donors (Lipinski definition) is 2. The summed E-state index contributed by atoms with van der Waals surface area (Å²) in [5, 5.41) is 0. The van der Waals surface area contributed by atoms with Gasteiger partial charge in [-0.3, -0.25) is 11.3 Å². The zero-order valence-corrected chi connectivity index (χ0v) is 11.0. The monoisotopic (exact) mass is 240 g/mol. The Bertz CT molecular complexity index is 506. The quantitative estimate of drug-likeness (QED) is 0.636. The van der Waals surface area contributed by atoms with Crippen molar-refractivity contribution in [2.75, 3.05) is 0 Å². The number of hydrazine groups is 1. The van der Waals surface area contributed by atoms with Crippen LogP contribution < -0.4 is 11.3 Å². The van der Waals surface area contributed by atoms with Crippen molar-refractivity contribution in [3.05, 3.63) is 70.8 Å². The van der Waals surface area contributed by atoms with Gasteiger partial charge in [-0.1, -0.05) is 54.1 Å². The highest BCUT2D eigenvalue weighted by Crippen LogP contribution is 2.22. The van der Waals surface area contributed by atoms with Crippen LogP contribution in [0.3, 0.4) is 0 Å². The van der Waals surface area contributed by atoms with E-state index in [9.17, 15) is 0 Å². The fourth-order valence-electron chi connectivity index (χ4n) is 2.33. The standard InChI is InChI=1S/C16H20N2/c1-12-8-9-15(13(2)10-12)16(18-17)11-14-6-4-3-5-7-14/h3-10,16,18H,11,17H2,1-2H3. The summed E-state index contributed by atoms with van der Waals surface area (Å²) < 4.78 is 0. The van der Waals surface area contributed by atoms with Crippen LogP contribution in [0.25, 0.3) is 0 Å². The van der Waals surface area contributed by atoms with Gasteiger partial charge < -0.3 is 0 Å². The zero-order valence-electron chi connectivity index (χ0n) is 11.0. The summed E-state index contributed by atoms with van der Waals surface area (Å²) in [6.07, 6.45) is 0.904. The molecule has 0 fully saturated rings. The summed E-state index contributed by atoms with van der Waals surface area (Å²) in [6.45, 7) is 4.25. The lowest BCUT2D eigenvalue weighted by atomic mass is 9.95. The first-order chi connectivity index (χ1) is 8.70. The molecule has 0 bridgehead atoms. The average molecular weight is 240 g/mol. The third kappa shape index (κ3) is 2.97. The summed E-state index contributed by atoms with van der Waals surface area (Å²) in [5.74, 6) is 5.71. The Morgan fingerprint density at radius 2 is 1.78 bits per heavy atom. The molecule has 0 spiro atoms. The Hall–Kier alpha value is -1.64. The number of rotatable bonds is 4. The van der Waals surface area contributed by atoms with E-state index in [1.807, 2.05) is 6.07 Å². The van der Waals surface area contributed by atoms with Gasteiger partial charge in [0.05, 0.1) is 6.04 Å². The Kier molecular flexibility index (Phi) is 4.13. The zero-order chi connectivity index (χ0) is 13.0. The third-order valence-corrected chi connectivity index (χ3v) is 3.28. The lowest BCUT2D eigenvalue weighted by molar-refractivity contribution is 0.549. The maximum Gasteiger partial charge on any atom is 0.0502 e. The molecular weight excluding hydrogens is 220 g/mol. The van der Waals surface area contributed by atoms with E-state index in [-0.39, 0.29) is 6.04 Å². The van der Waals surface area contributed by atoms with Crippen molar-refractivity contribution in [2.24, 2.45) is 5.84 Å². The Labute approximate surface area is 109 Å². The van der Waals surface area contributed by atoms with Crippen LogP contribution in [0.5, 0.6) is 0 Å². The van der Waals surface area contributed by atoms with Crippen LogP contribution in [-0.2, 0) is 6.42 Å². The third-order valence-electron chi connectivity index (χ3n) is 3.28. The van der Waals surface area contributed by atoms with Crippen LogP contribution in [0.2, 0.25) is 0 Å². The van der Waals surface area contributed by atoms with Gasteiger partial charge in [-0.2, -0.15) is 0 Å². The lowest BCUT2D eigenvalue weighted by Gasteiger charge is -2.19. The highest BCUT2D eigenvalue weighted by atomic mass is 15.2. The van der Waals surface area contributed by atoms with Gasteiger partial charge in [0.15, 0.2) is 0 Å². The summed E-state index contributed by atoms with van der Waals surface area (Å²) >= 11 is 0. The normalized spacial score (nSPS) is 12.4. The Morgan fingerprint density at radius 1 is 1.06 bits per heavy atom. The van der Waals surface area contributed by atoms with Gasteiger partial charge in [-0.15, -0.1) is 0 Å². The van der Waals surface area contributed by atoms with Gasteiger partial charge in [0.25, 0.3) is 0 Å². The van der Waals surface area contributed by atoms with Gasteiger partial charge in [0, 0.05) is 0 Å². The molecule has 94 valence electrons. The van der Waals surface area contributed by atoms with Gasteiger partial charge in [0.2, 0.25) is 0 Å². The average Bonchev–Trinajstić information content (AvgIpc) is 2.38. The molecule has 2 aromatic carbocycles. The summed E-state index contributed by atoms with van der Waals surface area (Å²) in [6, 6.07) is 17.1. The van der Waals surface area contributed by atoms with E-state index in [1.54, 1.807) is 0 Å². The smallest absolute Gasteiger partial charge is 0.0502 e. The van der Waals surface area contributed by atoms with E-state index < -0.39 is 0 Å². The summed E-state index contributed by atoms with van der Waals surface area (Å²) in [5.41, 5.74) is 8.06. The molecule has 1 atom stereocenters. The first-order valence-electron chi connectivity index (χ1n) is 6.28. The topological polar surface area (TPSA) is 38.0 Å². The first kappa shape index (κ1) is 12.8. The predicted molar refractivity (Wildman–Crippen MR) is 76.1 cm³/mol. The molecule has 0 aliphatic heterocycles. The molecule has 0 amide bonds. The molecule has 0 saturated heterocycles. The van der Waals surface area contributed by atoms with Crippen LogP contribution in [0.15, 0.2) is 48.5 Å². The van der Waals surface area contributed by atoms with Gasteiger partial charge in [0.1, 0.15) is 0 Å². The molecule has 1 unspecified atom stereocenters. The van der Waals surface area contributed by atoms with Crippen molar-refractivity contribution in [3.8, 4) is 0 Å². The maximum atomic E-state index is 5.71. The van der Waals surface area contributed by atoms with Crippen LogP contribution in [0.4, 0.5) is 0 Å². The van der Waals surface area contributed by atoms with Crippen molar-refractivity contribution in [2.45, 2.75) is 26.3 Å². The van der Waals surface area contributed by atoms with Crippen molar-refractivity contribution in [1.29, 1.82) is 0 Å². The number of nitrogens with two attached hydrogens (primary N) is 1. The van der Waals surface area contributed by atoms with Crippen LogP contribution in [-0.4, -0.2) is 0 Å². The van der Waals surface area contributed by atoms with Crippen molar-refractivity contribution >= 4 is 0 Å². The van der Waals surface area contributed by atoms with Crippen LogP contribution in [0, 0.1) is 13.8 Å². The van der Waals surface area contributed by atoms with E-state index in [2.05, 4.69) is 61.7 Å².